The Hall–Kier alpha value is -2.60. The Bertz CT molecular complexity index is 817. The number of para-hydroxylation sites is 1. The van der Waals surface area contributed by atoms with Crippen molar-refractivity contribution in [2.24, 2.45) is 5.92 Å². The number of hydrogen-bond donors (Lipinski definition) is 0. The van der Waals surface area contributed by atoms with Crippen molar-refractivity contribution in [2.75, 3.05) is 11.6 Å². The van der Waals surface area contributed by atoms with E-state index in [0.717, 1.165) is 24.1 Å². The zero-order chi connectivity index (χ0) is 18.3. The van der Waals surface area contributed by atoms with E-state index in [-0.39, 0.29) is 11.8 Å². The summed E-state index contributed by atoms with van der Waals surface area (Å²) in [5, 5.41) is 1.68. The summed E-state index contributed by atoms with van der Waals surface area (Å²) in [5.74, 6) is -0.392. The Labute approximate surface area is 152 Å². The van der Waals surface area contributed by atoms with E-state index in [1.165, 1.54) is 4.90 Å². The van der Waals surface area contributed by atoms with E-state index in [9.17, 15) is 9.59 Å². The maximum Gasteiger partial charge on any atom is 0.262 e. The van der Waals surface area contributed by atoms with Crippen LogP contribution in [0.15, 0.2) is 47.1 Å². The van der Waals surface area contributed by atoms with Crippen LogP contribution in [0.1, 0.15) is 37.1 Å². The molecule has 0 aliphatic carbocycles. The summed E-state index contributed by atoms with van der Waals surface area (Å²) in [4.78, 5) is 33.2. The predicted octanol–water partition coefficient (Wildman–Crippen LogP) is 3.23. The molecule has 0 spiro atoms. The summed E-state index contributed by atoms with van der Waals surface area (Å²) in [7, 11) is 0. The van der Waals surface area contributed by atoms with Crippen LogP contribution in [0, 0.1) is 12.8 Å². The van der Waals surface area contributed by atoms with Crippen LogP contribution in [0.25, 0.3) is 0 Å². The quantitative estimate of drug-likeness (QED) is 0.772. The van der Waals surface area contributed by atoms with Crippen LogP contribution in [0.5, 0.6) is 0 Å². The van der Waals surface area contributed by atoms with Crippen LogP contribution in [-0.4, -0.2) is 29.4 Å². The average Bonchev–Trinajstić information content (AvgIpc) is 3.33. The minimum absolute atomic E-state index is 0.175. The van der Waals surface area contributed by atoms with Gasteiger partial charge in [-0.15, -0.1) is 0 Å². The predicted molar refractivity (Wildman–Crippen MR) is 95.1 cm³/mol. The molecule has 0 N–H and O–H groups in total. The van der Waals surface area contributed by atoms with Gasteiger partial charge in [0.15, 0.2) is 6.10 Å². The van der Waals surface area contributed by atoms with E-state index in [0.29, 0.717) is 12.3 Å². The van der Waals surface area contributed by atoms with Gasteiger partial charge in [0.2, 0.25) is 5.91 Å². The lowest BCUT2D eigenvalue weighted by Crippen LogP contribution is -2.37. The van der Waals surface area contributed by atoms with E-state index >= 15 is 0 Å². The number of hydrogen-bond acceptors (Lipinski definition) is 5. The highest BCUT2D eigenvalue weighted by molar-refractivity contribution is 6.07. The molecule has 4 rings (SSSR count). The van der Waals surface area contributed by atoms with Crippen LogP contribution in [-0.2, 0) is 14.4 Å². The molecule has 6 nitrogen and oxygen atoms in total. The van der Waals surface area contributed by atoms with Crippen molar-refractivity contribution in [1.82, 2.24) is 4.90 Å². The van der Waals surface area contributed by atoms with Gasteiger partial charge in [-0.25, -0.2) is 5.06 Å². The highest BCUT2D eigenvalue weighted by Crippen LogP contribution is 2.47. The Morgan fingerprint density at radius 3 is 2.58 bits per heavy atom. The van der Waals surface area contributed by atoms with Crippen LogP contribution in [0.3, 0.4) is 0 Å². The Kier molecular flexibility index (Phi) is 4.28. The number of nitrogens with zero attached hydrogens (tertiary/aromatic N) is 2. The number of hydroxylamine groups is 1. The number of anilines is 1. The van der Waals surface area contributed by atoms with E-state index in [4.69, 9.17) is 9.25 Å². The molecular formula is C20H22N2O4. The second-order valence-electron chi connectivity index (χ2n) is 6.81. The number of benzene rings is 1. The average molecular weight is 354 g/mol. The van der Waals surface area contributed by atoms with Crippen molar-refractivity contribution in [1.29, 1.82) is 0 Å². The van der Waals surface area contributed by atoms with Crippen molar-refractivity contribution in [3.63, 3.8) is 0 Å². The lowest BCUT2D eigenvalue weighted by Gasteiger charge is -2.28. The molecule has 3 heterocycles. The highest BCUT2D eigenvalue weighted by Gasteiger charge is 2.60. The van der Waals surface area contributed by atoms with Crippen molar-refractivity contribution in [3.05, 3.63) is 54.0 Å². The summed E-state index contributed by atoms with van der Waals surface area (Å²) < 4.78 is 5.61. The fourth-order valence-electron chi connectivity index (χ4n) is 3.78. The lowest BCUT2D eigenvalue weighted by molar-refractivity contribution is -0.143. The van der Waals surface area contributed by atoms with Gasteiger partial charge in [-0.1, -0.05) is 31.5 Å². The van der Waals surface area contributed by atoms with Crippen LogP contribution in [0.4, 0.5) is 5.69 Å². The first-order chi connectivity index (χ1) is 12.6. The lowest BCUT2D eigenvalue weighted by atomic mass is 9.94. The van der Waals surface area contributed by atoms with Gasteiger partial charge in [-0.05, 0) is 37.1 Å². The van der Waals surface area contributed by atoms with Gasteiger partial charge in [0.25, 0.3) is 5.91 Å². The third-order valence-corrected chi connectivity index (χ3v) is 5.13. The molecule has 3 atom stereocenters. The van der Waals surface area contributed by atoms with Gasteiger partial charge in [-0.3, -0.25) is 19.3 Å². The molecule has 0 saturated carbocycles. The zero-order valence-electron chi connectivity index (χ0n) is 14.9. The molecule has 0 bridgehead atoms. The molecule has 2 aromatic rings. The first-order valence-electron chi connectivity index (χ1n) is 9.03. The van der Waals surface area contributed by atoms with Crippen molar-refractivity contribution >= 4 is 17.5 Å². The molecule has 136 valence electrons. The third kappa shape index (κ3) is 2.52. The molecular weight excluding hydrogens is 332 g/mol. The van der Waals surface area contributed by atoms with E-state index in [1.807, 2.05) is 44.2 Å². The molecule has 0 unspecified atom stereocenters. The molecule has 6 heteroatoms. The number of imide groups is 1. The van der Waals surface area contributed by atoms with Gasteiger partial charge >= 0.3 is 0 Å². The van der Waals surface area contributed by atoms with Gasteiger partial charge in [0.1, 0.15) is 17.7 Å². The number of aryl methyl sites for hydroxylation is 1. The Morgan fingerprint density at radius 2 is 1.88 bits per heavy atom. The Balaban J connectivity index is 1.73. The Morgan fingerprint density at radius 1 is 1.08 bits per heavy atom. The van der Waals surface area contributed by atoms with Gasteiger partial charge < -0.3 is 4.42 Å². The van der Waals surface area contributed by atoms with Crippen molar-refractivity contribution in [3.8, 4) is 0 Å². The summed E-state index contributed by atoms with van der Waals surface area (Å²) in [6, 6.07) is 10.9. The maximum absolute atomic E-state index is 13.0. The molecule has 2 saturated heterocycles. The maximum atomic E-state index is 13.0. The standard InChI is InChI=1S/C20H22N2O4/c1-3-4-11-21-19(23)16-17(15-10-7-12-25-15)22(26-18(16)20(21)24)14-9-6-5-8-13(14)2/h5-10,12,16-18H,3-4,11H2,1-2H3/t16-,17-,18+/m0/s1. The number of fused-ring (bicyclic) bond motifs is 1. The molecule has 1 aromatic heterocycles. The van der Waals surface area contributed by atoms with Crippen molar-refractivity contribution < 1.29 is 18.8 Å². The molecule has 26 heavy (non-hydrogen) atoms. The van der Waals surface area contributed by atoms with E-state index < -0.39 is 18.1 Å². The number of rotatable bonds is 5. The number of unbranched alkanes of at least 4 members (excludes halogenated alkanes) is 1. The monoisotopic (exact) mass is 354 g/mol. The van der Waals surface area contributed by atoms with Crippen LogP contribution in [0.2, 0.25) is 0 Å². The normalized spacial score (nSPS) is 25.2. The van der Waals surface area contributed by atoms with Gasteiger partial charge in [-0.2, -0.15) is 0 Å². The number of amides is 2. The fourth-order valence-corrected chi connectivity index (χ4v) is 3.78. The first-order valence-corrected chi connectivity index (χ1v) is 9.03. The molecule has 0 radical (unpaired) electrons. The minimum Gasteiger partial charge on any atom is -0.467 e. The minimum atomic E-state index is -0.797. The summed E-state index contributed by atoms with van der Waals surface area (Å²) in [5.41, 5.74) is 1.84. The molecule has 2 aliphatic heterocycles. The zero-order valence-corrected chi connectivity index (χ0v) is 14.9. The molecule has 2 aliphatic rings. The number of furan rings is 1. The molecule has 2 amide bonds. The topological polar surface area (TPSA) is 63.0 Å². The van der Waals surface area contributed by atoms with E-state index in [2.05, 4.69) is 0 Å². The second kappa shape index (κ2) is 6.61. The highest BCUT2D eigenvalue weighted by atomic mass is 16.7. The summed E-state index contributed by atoms with van der Waals surface area (Å²) >= 11 is 0. The van der Waals surface area contributed by atoms with Crippen LogP contribution < -0.4 is 5.06 Å². The third-order valence-electron chi connectivity index (χ3n) is 5.13. The second-order valence-corrected chi connectivity index (χ2v) is 6.81. The first kappa shape index (κ1) is 16.8. The summed E-state index contributed by atoms with van der Waals surface area (Å²) in [6.45, 7) is 4.46. The summed E-state index contributed by atoms with van der Waals surface area (Å²) in [6.07, 6.45) is 2.50. The number of likely N-dealkylation sites (tertiary alicyclic amines) is 1. The molecule has 1 aromatic carbocycles. The van der Waals surface area contributed by atoms with Crippen LogP contribution >= 0.6 is 0 Å². The van der Waals surface area contributed by atoms with Crippen molar-refractivity contribution in [2.45, 2.75) is 38.8 Å². The smallest absolute Gasteiger partial charge is 0.262 e. The fraction of sp³-hybridized carbons (Fsp3) is 0.400. The van der Waals surface area contributed by atoms with E-state index in [1.54, 1.807) is 17.4 Å². The van der Waals surface area contributed by atoms with Gasteiger partial charge in [0.05, 0.1) is 12.0 Å². The largest absolute Gasteiger partial charge is 0.467 e. The van der Waals surface area contributed by atoms with Gasteiger partial charge in [0, 0.05) is 6.54 Å². The SMILES string of the molecule is CCCCN1C(=O)[C@@H]2[C@@H](ON(c3ccccc3C)[C@H]2c2ccco2)C1=O. The molecule has 2 fully saturated rings. The number of carbonyl (C=O) groups is 2. The number of carbonyl (C=O) groups excluding carboxylic acids is 2.